The summed E-state index contributed by atoms with van der Waals surface area (Å²) in [6.07, 6.45) is 4.76. The van der Waals surface area contributed by atoms with E-state index in [9.17, 15) is 19.2 Å². The highest BCUT2D eigenvalue weighted by atomic mass is 16.5. The summed E-state index contributed by atoms with van der Waals surface area (Å²) in [5.74, 6) is -0.945. The molecular formula is C29H44O7. The Bertz CT molecular complexity index is 996. The van der Waals surface area contributed by atoms with Crippen molar-refractivity contribution in [1.29, 1.82) is 0 Å². The number of ether oxygens (including phenoxy) is 3. The van der Waals surface area contributed by atoms with Crippen LogP contribution in [0, 0.1) is 46.3 Å². The van der Waals surface area contributed by atoms with Crippen LogP contribution in [0.2, 0.25) is 0 Å². The third-order valence-corrected chi connectivity index (χ3v) is 10.9. The van der Waals surface area contributed by atoms with E-state index in [1.165, 1.54) is 14.0 Å². The third-order valence-electron chi connectivity index (χ3n) is 10.9. The normalized spacial score (nSPS) is 44.0. The zero-order valence-corrected chi connectivity index (χ0v) is 22.3. The Morgan fingerprint density at radius 1 is 1.08 bits per heavy atom. The summed E-state index contributed by atoms with van der Waals surface area (Å²) in [6, 6.07) is 0. The maximum atomic E-state index is 14.1. The number of carbonyl (C=O) groups is 4. The van der Waals surface area contributed by atoms with Crippen molar-refractivity contribution in [3.63, 3.8) is 0 Å². The van der Waals surface area contributed by atoms with Gasteiger partial charge in [-0.15, -0.1) is 0 Å². The molecule has 4 aliphatic carbocycles. The topological polar surface area (TPSA) is 96.0 Å². The number of fused-ring (bicyclic) bond motifs is 5. The highest BCUT2D eigenvalue weighted by Crippen LogP contribution is 2.67. The molecule has 0 heterocycles. The second-order valence-electron chi connectivity index (χ2n) is 12.4. The van der Waals surface area contributed by atoms with Crippen molar-refractivity contribution in [3.05, 3.63) is 0 Å². The van der Waals surface area contributed by atoms with Gasteiger partial charge in [0.15, 0.2) is 0 Å². The molecule has 36 heavy (non-hydrogen) atoms. The van der Waals surface area contributed by atoms with E-state index in [0.29, 0.717) is 38.5 Å². The Morgan fingerprint density at radius 2 is 1.83 bits per heavy atom. The van der Waals surface area contributed by atoms with Gasteiger partial charge in [0.25, 0.3) is 0 Å². The highest BCUT2D eigenvalue weighted by molar-refractivity contribution is 5.87. The van der Waals surface area contributed by atoms with Gasteiger partial charge in [-0.3, -0.25) is 19.2 Å². The first-order chi connectivity index (χ1) is 18.1. The van der Waals surface area contributed by atoms with Crippen molar-refractivity contribution in [3.8, 4) is 0 Å². The number of Topliss-reactive ketones (excluding diaryl/α,β-unsaturated/α-hetero) is 1. The number of rotatable bonds is 6. The number of methoxy groups -OCH3 is 1. The van der Waals surface area contributed by atoms with Crippen molar-refractivity contribution in [1.82, 2.24) is 0 Å². The van der Waals surface area contributed by atoms with Crippen molar-refractivity contribution < 1.29 is 37.5 Å². The van der Waals surface area contributed by atoms with Crippen LogP contribution in [0.4, 0.5) is 0 Å². The first kappa shape index (κ1) is 23.2. The SMILES string of the molecule is [2H]C([2H])([2H])C(=O)O[C@@H]1CC[C@@]2(C)[C@@H](C1)C[C@@H](OC(C)=O)[C@@H]1[C@@H]2CC(=O)[C@]2(C)[C@@H]([C@H](C)CCC(=O)OC)CC[C@@H]12. The zero-order valence-electron chi connectivity index (χ0n) is 25.3. The molecule has 0 bridgehead atoms. The first-order valence-electron chi connectivity index (χ1n) is 15.1. The van der Waals surface area contributed by atoms with Gasteiger partial charge >= 0.3 is 17.9 Å². The molecule has 0 aromatic rings. The number of carbonyl (C=O) groups excluding carboxylic acids is 4. The molecule has 0 saturated heterocycles. The van der Waals surface area contributed by atoms with Gasteiger partial charge in [-0.05, 0) is 80.0 Å². The van der Waals surface area contributed by atoms with E-state index in [2.05, 4.69) is 20.8 Å². The Kier molecular flexibility index (Phi) is 6.51. The minimum absolute atomic E-state index is 0.0366. The molecule has 0 N–H and O–H groups in total. The fraction of sp³-hybridized carbons (Fsp3) is 0.862. The Hall–Kier alpha value is -1.92. The summed E-state index contributed by atoms with van der Waals surface area (Å²) in [4.78, 5) is 50.2. The summed E-state index contributed by atoms with van der Waals surface area (Å²) in [6.45, 7) is 5.08. The standard InChI is InChI=1S/C29H44O7/c1-16(7-10-26(33)34-6)21-8-9-22-27-23(15-25(32)29(21,22)5)28(4)12-11-20(35-17(2)30)13-19(28)14-24(27)36-18(3)31/h16,19-24,27H,7-15H2,1-6H3/t16-,19+,20-,21-,22+,23+,24-,27+,28+,29-/m1/s1/i2D3. The first-order valence-corrected chi connectivity index (χ1v) is 13.6. The minimum Gasteiger partial charge on any atom is -0.469 e. The van der Waals surface area contributed by atoms with Gasteiger partial charge in [0.2, 0.25) is 0 Å². The van der Waals surface area contributed by atoms with Gasteiger partial charge in [0, 0.05) is 42.1 Å². The molecule has 4 aliphatic rings. The lowest BCUT2D eigenvalue weighted by Crippen LogP contribution is -2.62. The molecule has 0 aromatic carbocycles. The second-order valence-corrected chi connectivity index (χ2v) is 12.4. The Labute approximate surface area is 219 Å². The van der Waals surface area contributed by atoms with Crippen molar-refractivity contribution in [2.75, 3.05) is 7.11 Å². The number of ketones is 1. The summed E-state index contributed by atoms with van der Waals surface area (Å²) >= 11 is 0. The molecule has 4 rings (SSSR count). The van der Waals surface area contributed by atoms with E-state index in [1.54, 1.807) is 0 Å². The van der Waals surface area contributed by atoms with Gasteiger partial charge in [-0.2, -0.15) is 0 Å². The lowest BCUT2D eigenvalue weighted by atomic mass is 9.43. The molecule has 0 aromatic heterocycles. The molecule has 10 atom stereocenters. The number of hydrogen-bond donors (Lipinski definition) is 0. The molecule has 0 radical (unpaired) electrons. The third kappa shape index (κ3) is 4.60. The largest absolute Gasteiger partial charge is 0.469 e. The van der Waals surface area contributed by atoms with E-state index >= 15 is 0 Å². The van der Waals surface area contributed by atoms with Crippen LogP contribution >= 0.6 is 0 Å². The molecule has 4 fully saturated rings. The zero-order chi connectivity index (χ0) is 28.9. The van der Waals surface area contributed by atoms with Crippen LogP contribution in [0.3, 0.4) is 0 Å². The fourth-order valence-corrected chi connectivity index (χ4v) is 9.06. The van der Waals surface area contributed by atoms with Crippen LogP contribution in [0.1, 0.15) is 96.4 Å². The molecule has 202 valence electrons. The van der Waals surface area contributed by atoms with Crippen LogP contribution in [0.15, 0.2) is 0 Å². The average molecular weight is 508 g/mol. The average Bonchev–Trinajstić information content (AvgIpc) is 3.21. The van der Waals surface area contributed by atoms with Crippen molar-refractivity contribution >= 4 is 23.7 Å². The van der Waals surface area contributed by atoms with E-state index in [4.69, 9.17) is 18.3 Å². The summed E-state index contributed by atoms with van der Waals surface area (Å²) in [5.41, 5.74) is -0.736. The van der Waals surface area contributed by atoms with Crippen molar-refractivity contribution in [2.24, 2.45) is 46.3 Å². The van der Waals surface area contributed by atoms with Gasteiger partial charge < -0.3 is 14.2 Å². The minimum atomic E-state index is -2.80. The molecule has 7 nitrogen and oxygen atoms in total. The van der Waals surface area contributed by atoms with E-state index in [1.807, 2.05) is 0 Å². The molecule has 7 heteroatoms. The lowest BCUT2D eigenvalue weighted by Gasteiger charge is -2.62. The molecule has 0 unspecified atom stereocenters. The van der Waals surface area contributed by atoms with Crippen molar-refractivity contribution in [2.45, 2.75) is 105 Å². The van der Waals surface area contributed by atoms with Crippen LogP contribution in [0.5, 0.6) is 0 Å². The van der Waals surface area contributed by atoms with Crippen LogP contribution in [-0.2, 0) is 33.4 Å². The Balaban J connectivity index is 1.60. The molecule has 0 aliphatic heterocycles. The summed E-state index contributed by atoms with van der Waals surface area (Å²) < 4.78 is 38.3. The quantitative estimate of drug-likeness (QED) is 0.373. The smallest absolute Gasteiger partial charge is 0.305 e. The van der Waals surface area contributed by atoms with E-state index in [-0.39, 0.29) is 64.7 Å². The maximum absolute atomic E-state index is 14.1. The summed E-state index contributed by atoms with van der Waals surface area (Å²) in [5, 5.41) is 0. The molecule has 4 saturated carbocycles. The molecule has 0 amide bonds. The number of esters is 3. The van der Waals surface area contributed by atoms with Gasteiger partial charge in [0.05, 0.1) is 7.11 Å². The van der Waals surface area contributed by atoms with Gasteiger partial charge in [-0.1, -0.05) is 20.8 Å². The molecule has 0 spiro atoms. The maximum Gasteiger partial charge on any atom is 0.305 e. The van der Waals surface area contributed by atoms with Crippen LogP contribution < -0.4 is 0 Å². The lowest BCUT2D eigenvalue weighted by molar-refractivity contribution is -0.196. The van der Waals surface area contributed by atoms with E-state index in [0.717, 1.165) is 19.3 Å². The van der Waals surface area contributed by atoms with E-state index < -0.39 is 24.3 Å². The van der Waals surface area contributed by atoms with Gasteiger partial charge in [0.1, 0.15) is 18.0 Å². The predicted octanol–water partition coefficient (Wildman–Crippen LogP) is 4.89. The second kappa shape index (κ2) is 10.1. The fourth-order valence-electron chi connectivity index (χ4n) is 9.06. The summed E-state index contributed by atoms with van der Waals surface area (Å²) in [7, 11) is 1.39. The van der Waals surface area contributed by atoms with Gasteiger partial charge in [-0.25, -0.2) is 0 Å². The molecular weight excluding hydrogens is 460 g/mol. The predicted molar refractivity (Wildman–Crippen MR) is 133 cm³/mol. The highest BCUT2D eigenvalue weighted by Gasteiger charge is 2.66. The van der Waals surface area contributed by atoms with Crippen LogP contribution in [-0.4, -0.2) is 43.0 Å². The van der Waals surface area contributed by atoms with Crippen LogP contribution in [0.25, 0.3) is 0 Å². The Morgan fingerprint density at radius 3 is 2.50 bits per heavy atom. The number of hydrogen-bond acceptors (Lipinski definition) is 7. The monoisotopic (exact) mass is 507 g/mol.